The Hall–Kier alpha value is -1.84. The molecule has 0 spiro atoms. The lowest BCUT2D eigenvalue weighted by Crippen LogP contribution is -2.40. The highest BCUT2D eigenvalue weighted by Gasteiger charge is 2.22. The van der Waals surface area contributed by atoms with Gasteiger partial charge in [0.1, 0.15) is 12.0 Å². The molecule has 20 heavy (non-hydrogen) atoms. The zero-order valence-electron chi connectivity index (χ0n) is 11.9. The highest BCUT2D eigenvalue weighted by molar-refractivity contribution is 5.81. The van der Waals surface area contributed by atoms with E-state index in [0.717, 1.165) is 32.2 Å². The number of ether oxygens (including phenoxy) is 1. The van der Waals surface area contributed by atoms with Gasteiger partial charge in [0.15, 0.2) is 6.10 Å². The van der Waals surface area contributed by atoms with Gasteiger partial charge in [-0.2, -0.15) is 0 Å². The molecule has 1 aliphatic rings. The van der Waals surface area contributed by atoms with Gasteiger partial charge >= 0.3 is 0 Å². The standard InChI is InChI=1S/C16H21NO3/c1-13(16(19)17-10-4-2-3-5-11-17)20-15-8-6-14(12-18)7-9-15/h6-9,12-13H,2-5,10-11H2,1H3. The summed E-state index contributed by atoms with van der Waals surface area (Å²) >= 11 is 0. The minimum absolute atomic E-state index is 0.0476. The number of carbonyl (C=O) groups excluding carboxylic acids is 2. The van der Waals surface area contributed by atoms with Gasteiger partial charge in [0, 0.05) is 18.7 Å². The number of rotatable bonds is 4. The lowest BCUT2D eigenvalue weighted by Gasteiger charge is -2.24. The van der Waals surface area contributed by atoms with Crippen molar-refractivity contribution >= 4 is 12.2 Å². The topological polar surface area (TPSA) is 46.6 Å². The molecular weight excluding hydrogens is 254 g/mol. The normalized spacial score (nSPS) is 17.1. The Morgan fingerprint density at radius 3 is 2.30 bits per heavy atom. The molecule has 1 unspecified atom stereocenters. The Morgan fingerprint density at radius 2 is 1.75 bits per heavy atom. The number of amides is 1. The molecule has 1 aromatic carbocycles. The minimum Gasteiger partial charge on any atom is -0.481 e. The average molecular weight is 275 g/mol. The monoisotopic (exact) mass is 275 g/mol. The van der Waals surface area contributed by atoms with Crippen molar-refractivity contribution in [2.75, 3.05) is 13.1 Å². The molecule has 1 amide bonds. The van der Waals surface area contributed by atoms with Crippen molar-refractivity contribution in [2.24, 2.45) is 0 Å². The molecule has 1 fully saturated rings. The van der Waals surface area contributed by atoms with Crippen LogP contribution >= 0.6 is 0 Å². The molecule has 0 aromatic heterocycles. The fourth-order valence-electron chi connectivity index (χ4n) is 2.43. The van der Waals surface area contributed by atoms with E-state index in [1.54, 1.807) is 31.2 Å². The smallest absolute Gasteiger partial charge is 0.263 e. The zero-order chi connectivity index (χ0) is 14.4. The van der Waals surface area contributed by atoms with E-state index in [2.05, 4.69) is 0 Å². The largest absolute Gasteiger partial charge is 0.481 e. The van der Waals surface area contributed by atoms with Gasteiger partial charge in [0.25, 0.3) is 5.91 Å². The van der Waals surface area contributed by atoms with Gasteiger partial charge in [0.2, 0.25) is 0 Å². The maximum Gasteiger partial charge on any atom is 0.263 e. The predicted molar refractivity (Wildman–Crippen MR) is 77.0 cm³/mol. The van der Waals surface area contributed by atoms with Gasteiger partial charge in [-0.25, -0.2) is 0 Å². The number of aldehydes is 1. The summed E-state index contributed by atoms with van der Waals surface area (Å²) in [5.41, 5.74) is 0.601. The summed E-state index contributed by atoms with van der Waals surface area (Å²) in [6, 6.07) is 6.81. The second-order valence-electron chi connectivity index (χ2n) is 5.19. The molecule has 0 aliphatic carbocycles. The van der Waals surface area contributed by atoms with Crippen LogP contribution in [0.1, 0.15) is 43.0 Å². The van der Waals surface area contributed by atoms with E-state index in [4.69, 9.17) is 4.74 Å². The molecule has 1 heterocycles. The summed E-state index contributed by atoms with van der Waals surface area (Å²) in [6.07, 6.45) is 4.85. The summed E-state index contributed by atoms with van der Waals surface area (Å²) in [7, 11) is 0. The van der Waals surface area contributed by atoms with Gasteiger partial charge < -0.3 is 9.64 Å². The first-order chi connectivity index (χ1) is 9.70. The summed E-state index contributed by atoms with van der Waals surface area (Å²) in [5.74, 6) is 0.664. The molecule has 1 atom stereocenters. The molecule has 0 bridgehead atoms. The molecule has 1 aliphatic heterocycles. The van der Waals surface area contributed by atoms with Crippen LogP contribution < -0.4 is 4.74 Å². The van der Waals surface area contributed by atoms with Crippen LogP contribution in [0.25, 0.3) is 0 Å². The maximum atomic E-state index is 12.3. The quantitative estimate of drug-likeness (QED) is 0.794. The van der Waals surface area contributed by atoms with E-state index >= 15 is 0 Å². The number of hydrogen-bond acceptors (Lipinski definition) is 3. The van der Waals surface area contributed by atoms with Crippen molar-refractivity contribution in [1.82, 2.24) is 4.90 Å². The number of nitrogens with zero attached hydrogens (tertiary/aromatic N) is 1. The van der Waals surface area contributed by atoms with Crippen molar-refractivity contribution in [3.8, 4) is 5.75 Å². The fraction of sp³-hybridized carbons (Fsp3) is 0.500. The second kappa shape index (κ2) is 7.08. The molecule has 4 nitrogen and oxygen atoms in total. The van der Waals surface area contributed by atoms with Gasteiger partial charge in [-0.1, -0.05) is 12.8 Å². The minimum atomic E-state index is -0.491. The van der Waals surface area contributed by atoms with Crippen LogP contribution in [0.3, 0.4) is 0 Å². The van der Waals surface area contributed by atoms with Crippen LogP contribution in [0.2, 0.25) is 0 Å². The first-order valence-electron chi connectivity index (χ1n) is 7.21. The molecule has 1 saturated heterocycles. The highest BCUT2D eigenvalue weighted by Crippen LogP contribution is 2.16. The lowest BCUT2D eigenvalue weighted by molar-refractivity contribution is -0.137. The second-order valence-corrected chi connectivity index (χ2v) is 5.19. The van der Waals surface area contributed by atoms with E-state index in [0.29, 0.717) is 11.3 Å². The first-order valence-corrected chi connectivity index (χ1v) is 7.21. The first kappa shape index (κ1) is 14.6. The summed E-state index contributed by atoms with van der Waals surface area (Å²) in [6.45, 7) is 3.44. The zero-order valence-corrected chi connectivity index (χ0v) is 11.9. The third-order valence-electron chi connectivity index (χ3n) is 3.59. The number of benzene rings is 1. The van der Waals surface area contributed by atoms with Crippen molar-refractivity contribution in [1.29, 1.82) is 0 Å². The van der Waals surface area contributed by atoms with Crippen molar-refractivity contribution in [2.45, 2.75) is 38.7 Å². The summed E-state index contributed by atoms with van der Waals surface area (Å²) in [4.78, 5) is 24.8. The van der Waals surface area contributed by atoms with E-state index in [-0.39, 0.29) is 5.91 Å². The SMILES string of the molecule is CC(Oc1ccc(C=O)cc1)C(=O)N1CCCCCC1. The molecule has 108 valence electrons. The number of likely N-dealkylation sites (tertiary alicyclic amines) is 1. The maximum absolute atomic E-state index is 12.3. The number of carbonyl (C=O) groups is 2. The van der Waals surface area contributed by atoms with Crippen molar-refractivity contribution in [3.63, 3.8) is 0 Å². The Morgan fingerprint density at radius 1 is 1.15 bits per heavy atom. The van der Waals surface area contributed by atoms with Crippen LogP contribution in [0.5, 0.6) is 5.75 Å². The van der Waals surface area contributed by atoms with E-state index in [1.165, 1.54) is 12.8 Å². The van der Waals surface area contributed by atoms with Gasteiger partial charge in [-0.05, 0) is 44.0 Å². The summed E-state index contributed by atoms with van der Waals surface area (Å²) < 4.78 is 5.66. The van der Waals surface area contributed by atoms with Gasteiger partial charge in [-0.15, -0.1) is 0 Å². The molecule has 0 N–H and O–H groups in total. The van der Waals surface area contributed by atoms with Crippen LogP contribution in [0.15, 0.2) is 24.3 Å². The molecule has 4 heteroatoms. The third kappa shape index (κ3) is 3.83. The van der Waals surface area contributed by atoms with Crippen LogP contribution in [-0.4, -0.2) is 36.3 Å². The Balaban J connectivity index is 1.93. The molecule has 0 radical (unpaired) electrons. The van der Waals surface area contributed by atoms with Crippen LogP contribution in [0.4, 0.5) is 0 Å². The Kier molecular flexibility index (Phi) is 5.16. The Bertz CT molecular complexity index is 447. The average Bonchev–Trinajstić information content (AvgIpc) is 2.76. The van der Waals surface area contributed by atoms with E-state index in [9.17, 15) is 9.59 Å². The summed E-state index contributed by atoms with van der Waals surface area (Å²) in [5, 5.41) is 0. The molecule has 1 aromatic rings. The van der Waals surface area contributed by atoms with E-state index < -0.39 is 6.10 Å². The third-order valence-corrected chi connectivity index (χ3v) is 3.59. The molecule has 2 rings (SSSR count). The van der Waals surface area contributed by atoms with Crippen molar-refractivity contribution < 1.29 is 14.3 Å². The van der Waals surface area contributed by atoms with Gasteiger partial charge in [-0.3, -0.25) is 9.59 Å². The Labute approximate surface area is 119 Å². The molecular formula is C16H21NO3. The highest BCUT2D eigenvalue weighted by atomic mass is 16.5. The lowest BCUT2D eigenvalue weighted by atomic mass is 10.2. The van der Waals surface area contributed by atoms with Crippen molar-refractivity contribution in [3.05, 3.63) is 29.8 Å². The fourth-order valence-corrected chi connectivity index (χ4v) is 2.43. The predicted octanol–water partition coefficient (Wildman–Crippen LogP) is 2.67. The van der Waals surface area contributed by atoms with E-state index in [1.807, 2.05) is 4.90 Å². The van der Waals surface area contributed by atoms with Crippen LogP contribution in [-0.2, 0) is 4.79 Å². The van der Waals surface area contributed by atoms with Crippen LogP contribution in [0, 0.1) is 0 Å². The van der Waals surface area contributed by atoms with Gasteiger partial charge in [0.05, 0.1) is 0 Å². The molecule has 0 saturated carbocycles. The number of hydrogen-bond donors (Lipinski definition) is 0.